The normalized spacial score (nSPS) is 16.1. The van der Waals surface area contributed by atoms with Crippen molar-refractivity contribution in [2.24, 2.45) is 5.73 Å². The van der Waals surface area contributed by atoms with E-state index in [1.54, 1.807) is 18.9 Å². The van der Waals surface area contributed by atoms with Crippen LogP contribution in [0.15, 0.2) is 24.3 Å². The van der Waals surface area contributed by atoms with Gasteiger partial charge in [-0.15, -0.1) is 0 Å². The molecule has 1 fully saturated rings. The molecule has 1 aliphatic rings. The lowest BCUT2D eigenvalue weighted by Gasteiger charge is -2.35. The first-order valence-electron chi connectivity index (χ1n) is 7.96. The highest BCUT2D eigenvalue weighted by atomic mass is 16.5. The maximum atomic E-state index is 12.3. The summed E-state index contributed by atoms with van der Waals surface area (Å²) in [5, 5.41) is 0. The Kier molecular flexibility index (Phi) is 5.98. The van der Waals surface area contributed by atoms with Gasteiger partial charge in [-0.05, 0) is 31.0 Å². The Balaban J connectivity index is 1.77. The van der Waals surface area contributed by atoms with Crippen LogP contribution in [0.1, 0.15) is 18.9 Å². The molecular formula is C17H25N3O3. The molecule has 0 saturated carbocycles. The predicted molar refractivity (Wildman–Crippen MR) is 88.1 cm³/mol. The van der Waals surface area contributed by atoms with Crippen LogP contribution in [0.5, 0.6) is 5.75 Å². The first-order chi connectivity index (χ1) is 11.0. The molecule has 6 nitrogen and oxygen atoms in total. The molecule has 2 amide bonds. The van der Waals surface area contributed by atoms with Crippen LogP contribution < -0.4 is 10.5 Å². The maximum absolute atomic E-state index is 12.3. The molecule has 126 valence electrons. The number of amides is 2. The first-order valence-corrected chi connectivity index (χ1v) is 7.96. The van der Waals surface area contributed by atoms with Crippen LogP contribution in [0.3, 0.4) is 0 Å². The standard InChI is InChI=1S/C17H25N3O3/c1-13(18)17(22)20-11-9-19(10-12-20)16(21)8-5-14-3-6-15(23-2)7-4-14/h3-4,6-7,13H,5,8-12,18H2,1-2H3/t13-/m0/s1. The molecule has 0 unspecified atom stereocenters. The van der Waals surface area contributed by atoms with Crippen molar-refractivity contribution in [3.8, 4) is 5.75 Å². The van der Waals surface area contributed by atoms with Crippen molar-refractivity contribution >= 4 is 11.8 Å². The van der Waals surface area contributed by atoms with Crippen molar-refractivity contribution in [3.63, 3.8) is 0 Å². The zero-order valence-corrected chi connectivity index (χ0v) is 13.8. The van der Waals surface area contributed by atoms with Crippen LogP contribution in [0.25, 0.3) is 0 Å². The Labute approximate surface area is 137 Å². The number of ether oxygens (including phenoxy) is 1. The molecule has 0 bridgehead atoms. The third-order valence-electron chi connectivity index (χ3n) is 4.12. The molecule has 1 atom stereocenters. The van der Waals surface area contributed by atoms with Crippen molar-refractivity contribution in [1.29, 1.82) is 0 Å². The zero-order chi connectivity index (χ0) is 16.8. The van der Waals surface area contributed by atoms with Crippen LogP contribution in [0, 0.1) is 0 Å². The van der Waals surface area contributed by atoms with Gasteiger partial charge in [0.25, 0.3) is 0 Å². The number of methoxy groups -OCH3 is 1. The van der Waals surface area contributed by atoms with Gasteiger partial charge in [-0.1, -0.05) is 12.1 Å². The third-order valence-corrected chi connectivity index (χ3v) is 4.12. The van der Waals surface area contributed by atoms with Gasteiger partial charge in [-0.3, -0.25) is 9.59 Å². The summed E-state index contributed by atoms with van der Waals surface area (Å²) >= 11 is 0. The van der Waals surface area contributed by atoms with Crippen LogP contribution in [-0.4, -0.2) is 60.9 Å². The highest BCUT2D eigenvalue weighted by Crippen LogP contribution is 2.13. The lowest BCUT2D eigenvalue weighted by atomic mass is 10.1. The number of hydrogen-bond acceptors (Lipinski definition) is 4. The first kappa shape index (κ1) is 17.3. The van der Waals surface area contributed by atoms with Crippen molar-refractivity contribution in [2.45, 2.75) is 25.8 Å². The van der Waals surface area contributed by atoms with E-state index in [4.69, 9.17) is 10.5 Å². The second-order valence-electron chi connectivity index (χ2n) is 5.84. The van der Waals surface area contributed by atoms with Crippen LogP contribution in [-0.2, 0) is 16.0 Å². The van der Waals surface area contributed by atoms with Gasteiger partial charge >= 0.3 is 0 Å². The number of carbonyl (C=O) groups is 2. The number of piperazine rings is 1. The smallest absolute Gasteiger partial charge is 0.239 e. The minimum Gasteiger partial charge on any atom is -0.497 e. The van der Waals surface area contributed by atoms with E-state index in [-0.39, 0.29) is 11.8 Å². The number of benzene rings is 1. The van der Waals surface area contributed by atoms with Gasteiger partial charge < -0.3 is 20.3 Å². The number of rotatable bonds is 5. The van der Waals surface area contributed by atoms with Gasteiger partial charge in [0.05, 0.1) is 13.2 Å². The molecule has 1 aliphatic heterocycles. The molecule has 2 rings (SSSR count). The second kappa shape index (κ2) is 7.97. The minimum absolute atomic E-state index is 0.0460. The lowest BCUT2D eigenvalue weighted by molar-refractivity contribution is -0.140. The monoisotopic (exact) mass is 319 g/mol. The Morgan fingerprint density at radius 3 is 2.22 bits per heavy atom. The third kappa shape index (κ3) is 4.69. The van der Waals surface area contributed by atoms with Gasteiger partial charge in [0.15, 0.2) is 0 Å². The largest absolute Gasteiger partial charge is 0.497 e. The highest BCUT2D eigenvalue weighted by molar-refractivity contribution is 5.82. The number of nitrogens with zero attached hydrogens (tertiary/aromatic N) is 2. The van der Waals surface area contributed by atoms with Gasteiger partial charge in [-0.25, -0.2) is 0 Å². The van der Waals surface area contributed by atoms with Crippen molar-refractivity contribution in [1.82, 2.24) is 9.80 Å². The second-order valence-corrected chi connectivity index (χ2v) is 5.84. The zero-order valence-electron chi connectivity index (χ0n) is 13.8. The molecule has 1 saturated heterocycles. The fourth-order valence-electron chi connectivity index (χ4n) is 2.67. The van der Waals surface area contributed by atoms with E-state index in [0.717, 1.165) is 11.3 Å². The van der Waals surface area contributed by atoms with Crippen molar-refractivity contribution in [3.05, 3.63) is 29.8 Å². The Morgan fingerprint density at radius 2 is 1.70 bits per heavy atom. The topological polar surface area (TPSA) is 75.9 Å². The Morgan fingerprint density at radius 1 is 1.13 bits per heavy atom. The number of aryl methyl sites for hydroxylation is 1. The van der Waals surface area contributed by atoms with Crippen LogP contribution in [0.4, 0.5) is 0 Å². The fraction of sp³-hybridized carbons (Fsp3) is 0.529. The van der Waals surface area contributed by atoms with E-state index in [2.05, 4.69) is 0 Å². The summed E-state index contributed by atoms with van der Waals surface area (Å²) in [5.74, 6) is 0.902. The average Bonchev–Trinajstić information content (AvgIpc) is 2.59. The van der Waals surface area contributed by atoms with Crippen LogP contribution in [0.2, 0.25) is 0 Å². The maximum Gasteiger partial charge on any atom is 0.239 e. The molecule has 1 heterocycles. The van der Waals surface area contributed by atoms with E-state index < -0.39 is 6.04 Å². The van der Waals surface area contributed by atoms with Crippen molar-refractivity contribution in [2.75, 3.05) is 33.3 Å². The molecule has 0 spiro atoms. The van der Waals surface area contributed by atoms with E-state index in [1.807, 2.05) is 29.2 Å². The molecule has 0 radical (unpaired) electrons. The molecule has 1 aromatic carbocycles. The van der Waals surface area contributed by atoms with Crippen LogP contribution >= 0.6 is 0 Å². The minimum atomic E-state index is -0.479. The van der Waals surface area contributed by atoms with Gasteiger partial charge in [0.1, 0.15) is 5.75 Å². The van der Waals surface area contributed by atoms with Crippen molar-refractivity contribution < 1.29 is 14.3 Å². The van der Waals surface area contributed by atoms with Gasteiger partial charge in [0, 0.05) is 32.6 Å². The summed E-state index contributed by atoms with van der Waals surface area (Å²) in [6.07, 6.45) is 1.19. The summed E-state index contributed by atoms with van der Waals surface area (Å²) in [4.78, 5) is 27.7. The molecule has 6 heteroatoms. The summed E-state index contributed by atoms with van der Waals surface area (Å²) in [6.45, 7) is 3.98. The van der Waals surface area contributed by atoms with E-state index in [0.29, 0.717) is 39.0 Å². The molecule has 0 aliphatic carbocycles. The van der Waals surface area contributed by atoms with Gasteiger partial charge in [0.2, 0.25) is 11.8 Å². The Bertz CT molecular complexity index is 535. The van der Waals surface area contributed by atoms with E-state index in [1.165, 1.54) is 0 Å². The lowest BCUT2D eigenvalue weighted by Crippen LogP contribution is -2.53. The average molecular weight is 319 g/mol. The van der Waals surface area contributed by atoms with E-state index in [9.17, 15) is 9.59 Å². The molecule has 0 aromatic heterocycles. The Hall–Kier alpha value is -2.08. The molecule has 1 aromatic rings. The fourth-order valence-corrected chi connectivity index (χ4v) is 2.67. The summed E-state index contributed by atoms with van der Waals surface area (Å²) in [5.41, 5.74) is 6.73. The van der Waals surface area contributed by atoms with E-state index >= 15 is 0 Å². The van der Waals surface area contributed by atoms with Gasteiger partial charge in [-0.2, -0.15) is 0 Å². The summed E-state index contributed by atoms with van der Waals surface area (Å²) in [6, 6.07) is 7.28. The molecule has 2 N–H and O–H groups in total. The summed E-state index contributed by atoms with van der Waals surface area (Å²) < 4.78 is 5.12. The SMILES string of the molecule is COc1ccc(CCC(=O)N2CCN(C(=O)[C@H](C)N)CC2)cc1. The quantitative estimate of drug-likeness (QED) is 0.864. The number of carbonyl (C=O) groups excluding carboxylic acids is 2. The molecule has 23 heavy (non-hydrogen) atoms. The number of hydrogen-bond donors (Lipinski definition) is 1. The molecular weight excluding hydrogens is 294 g/mol. The predicted octanol–water partition coefficient (Wildman–Crippen LogP) is 0.646. The number of nitrogens with two attached hydrogens (primary N) is 1. The summed E-state index contributed by atoms with van der Waals surface area (Å²) in [7, 11) is 1.63. The highest BCUT2D eigenvalue weighted by Gasteiger charge is 2.25.